The molecule has 29 heavy (non-hydrogen) atoms. The lowest BCUT2D eigenvalue weighted by molar-refractivity contribution is -0.143. The molecule has 0 fully saturated rings. The number of anilines is 1. The molecule has 0 unspecified atom stereocenters. The van der Waals surface area contributed by atoms with Crippen molar-refractivity contribution in [3.05, 3.63) is 58.1 Å². The van der Waals surface area contributed by atoms with Crippen molar-refractivity contribution < 1.29 is 40.6 Å². The van der Waals surface area contributed by atoms with Crippen LogP contribution in [-0.4, -0.2) is 26.2 Å². The molecule has 2 aromatic rings. The minimum atomic E-state index is -5.07. The number of benzene rings is 2. The zero-order valence-corrected chi connectivity index (χ0v) is 15.5. The summed E-state index contributed by atoms with van der Waals surface area (Å²) in [5.74, 6) is -1.19. The van der Waals surface area contributed by atoms with Gasteiger partial charge in [0.1, 0.15) is 6.61 Å². The van der Waals surface area contributed by atoms with Gasteiger partial charge in [0.25, 0.3) is 5.91 Å². The van der Waals surface area contributed by atoms with Crippen LogP contribution in [0.5, 0.6) is 5.75 Å². The van der Waals surface area contributed by atoms with E-state index in [9.17, 15) is 31.1 Å². The van der Waals surface area contributed by atoms with Gasteiger partial charge < -0.3 is 14.8 Å². The Morgan fingerprint density at radius 3 is 2.10 bits per heavy atom. The van der Waals surface area contributed by atoms with E-state index >= 15 is 0 Å². The van der Waals surface area contributed by atoms with E-state index < -0.39 is 35.0 Å². The summed E-state index contributed by atoms with van der Waals surface area (Å²) < 4.78 is 88.0. The molecule has 0 aliphatic carbocycles. The third-order valence-corrected chi connectivity index (χ3v) is 3.90. The van der Waals surface area contributed by atoms with E-state index in [0.29, 0.717) is 12.1 Å². The van der Waals surface area contributed by atoms with Gasteiger partial charge >= 0.3 is 12.4 Å². The van der Waals surface area contributed by atoms with Crippen LogP contribution in [0.15, 0.2) is 36.4 Å². The van der Waals surface area contributed by atoms with Gasteiger partial charge in [0.2, 0.25) is 0 Å². The predicted octanol–water partition coefficient (Wildman–Crippen LogP) is 5.66. The molecule has 4 nitrogen and oxygen atoms in total. The van der Waals surface area contributed by atoms with E-state index in [1.54, 1.807) is 0 Å². The smallest absolute Gasteiger partial charge is 0.416 e. The fourth-order valence-electron chi connectivity index (χ4n) is 2.26. The second kappa shape index (κ2) is 8.91. The molecular weight excluding hydrogens is 428 g/mol. The van der Waals surface area contributed by atoms with Gasteiger partial charge in [-0.2, -0.15) is 26.3 Å². The number of carbonyl (C=O) groups excluding carboxylic acids is 1. The molecule has 0 spiro atoms. The maximum atomic E-state index is 13.0. The highest BCUT2D eigenvalue weighted by Crippen LogP contribution is 2.37. The van der Waals surface area contributed by atoms with Gasteiger partial charge in [0.15, 0.2) is 5.75 Å². The van der Waals surface area contributed by atoms with Crippen molar-refractivity contribution in [1.29, 1.82) is 0 Å². The van der Waals surface area contributed by atoms with Crippen LogP contribution in [0.2, 0.25) is 5.02 Å². The number of rotatable bonds is 6. The Hall–Kier alpha value is -2.46. The van der Waals surface area contributed by atoms with E-state index in [1.807, 2.05) is 0 Å². The Balaban J connectivity index is 2.40. The van der Waals surface area contributed by atoms with Gasteiger partial charge in [0, 0.05) is 12.7 Å². The zero-order valence-electron chi connectivity index (χ0n) is 14.7. The molecule has 2 rings (SSSR count). The van der Waals surface area contributed by atoms with Gasteiger partial charge in [-0.3, -0.25) is 4.79 Å². The summed E-state index contributed by atoms with van der Waals surface area (Å²) in [5, 5.41) is 2.31. The van der Waals surface area contributed by atoms with E-state index in [-0.39, 0.29) is 35.7 Å². The normalized spacial score (nSPS) is 12.0. The van der Waals surface area contributed by atoms with Crippen LogP contribution < -0.4 is 10.1 Å². The number of methoxy groups -OCH3 is 1. The number of carbonyl (C=O) groups is 1. The van der Waals surface area contributed by atoms with Crippen molar-refractivity contribution >= 4 is 23.2 Å². The summed E-state index contributed by atoms with van der Waals surface area (Å²) in [6, 6.07) is 4.81. The van der Waals surface area contributed by atoms with Crippen LogP contribution in [0.4, 0.5) is 32.0 Å². The largest absolute Gasteiger partial charge is 0.487 e. The van der Waals surface area contributed by atoms with E-state index in [0.717, 1.165) is 0 Å². The summed E-state index contributed by atoms with van der Waals surface area (Å²) in [5.41, 5.74) is -4.04. The minimum absolute atomic E-state index is 0.00240. The van der Waals surface area contributed by atoms with Crippen LogP contribution in [0.3, 0.4) is 0 Å². The monoisotopic (exact) mass is 441 g/mol. The Bertz CT molecular complexity index is 851. The first-order valence-corrected chi connectivity index (χ1v) is 8.32. The molecule has 11 heteroatoms. The van der Waals surface area contributed by atoms with E-state index in [1.165, 1.54) is 25.3 Å². The molecule has 0 saturated carbocycles. The highest BCUT2D eigenvalue weighted by Gasteiger charge is 2.37. The summed E-state index contributed by atoms with van der Waals surface area (Å²) in [6.07, 6.45) is -10.1. The van der Waals surface area contributed by atoms with Gasteiger partial charge in [-0.15, -0.1) is 0 Å². The maximum Gasteiger partial charge on any atom is 0.416 e. The second-order valence-corrected chi connectivity index (χ2v) is 6.11. The molecule has 2 aromatic carbocycles. The molecule has 0 atom stereocenters. The number of hydrogen-bond donors (Lipinski definition) is 1. The molecule has 0 aliphatic rings. The highest BCUT2D eigenvalue weighted by molar-refractivity contribution is 6.32. The Morgan fingerprint density at radius 2 is 1.59 bits per heavy atom. The van der Waals surface area contributed by atoms with Crippen molar-refractivity contribution in [2.75, 3.05) is 25.6 Å². The summed E-state index contributed by atoms with van der Waals surface area (Å²) in [4.78, 5) is 12.4. The first kappa shape index (κ1) is 22.8. The molecule has 1 N–H and O–H groups in total. The summed E-state index contributed by atoms with van der Waals surface area (Å²) >= 11 is 5.99. The molecule has 0 aromatic heterocycles. The third-order valence-electron chi connectivity index (χ3n) is 3.60. The van der Waals surface area contributed by atoms with Gasteiger partial charge in [-0.1, -0.05) is 17.7 Å². The second-order valence-electron chi connectivity index (χ2n) is 5.71. The minimum Gasteiger partial charge on any atom is -0.487 e. The Kier molecular flexibility index (Phi) is 7.02. The third kappa shape index (κ3) is 6.01. The number of ether oxygens (including phenoxy) is 2. The van der Waals surface area contributed by atoms with Crippen LogP contribution in [0.25, 0.3) is 0 Å². The van der Waals surface area contributed by atoms with Gasteiger partial charge in [0.05, 0.1) is 28.4 Å². The molecule has 0 bridgehead atoms. The fourth-order valence-corrected chi connectivity index (χ4v) is 2.49. The number of hydrogen-bond acceptors (Lipinski definition) is 3. The lowest BCUT2D eigenvalue weighted by Crippen LogP contribution is -2.18. The van der Waals surface area contributed by atoms with Crippen molar-refractivity contribution in [3.63, 3.8) is 0 Å². The van der Waals surface area contributed by atoms with Crippen molar-refractivity contribution in [2.45, 2.75) is 12.4 Å². The molecular formula is C18H14ClF6NO3. The summed E-state index contributed by atoms with van der Waals surface area (Å²) in [7, 11) is 1.42. The zero-order chi connectivity index (χ0) is 21.8. The van der Waals surface area contributed by atoms with Crippen LogP contribution in [0, 0.1) is 0 Å². The first-order valence-electron chi connectivity index (χ1n) is 7.94. The number of nitrogens with one attached hydrogen (secondary N) is 1. The number of amides is 1. The highest BCUT2D eigenvalue weighted by atomic mass is 35.5. The van der Waals surface area contributed by atoms with E-state index in [2.05, 4.69) is 5.32 Å². The average molecular weight is 442 g/mol. The van der Waals surface area contributed by atoms with Gasteiger partial charge in [-0.25, -0.2) is 0 Å². The molecule has 158 valence electrons. The Morgan fingerprint density at radius 1 is 1.00 bits per heavy atom. The molecule has 0 radical (unpaired) electrons. The molecule has 1 amide bonds. The lowest BCUT2D eigenvalue weighted by atomic mass is 10.0. The SMILES string of the molecule is COCCOc1c(Cl)cccc1NC(=O)c1cc(C(F)(F)F)cc(C(F)(F)F)c1. The quantitative estimate of drug-likeness (QED) is 0.465. The van der Waals surface area contributed by atoms with Crippen LogP contribution in [-0.2, 0) is 17.1 Å². The first-order chi connectivity index (χ1) is 13.4. The van der Waals surface area contributed by atoms with Crippen molar-refractivity contribution in [2.24, 2.45) is 0 Å². The number of halogens is 7. The summed E-state index contributed by atoms with van der Waals surface area (Å²) in [6.45, 7) is 0.228. The predicted molar refractivity (Wildman–Crippen MR) is 93.2 cm³/mol. The molecule has 0 heterocycles. The van der Waals surface area contributed by atoms with Crippen LogP contribution >= 0.6 is 11.6 Å². The van der Waals surface area contributed by atoms with E-state index in [4.69, 9.17) is 21.1 Å². The Labute approximate surface area is 166 Å². The van der Waals surface area contributed by atoms with Crippen molar-refractivity contribution in [1.82, 2.24) is 0 Å². The van der Waals surface area contributed by atoms with Crippen molar-refractivity contribution in [3.8, 4) is 5.75 Å². The van der Waals surface area contributed by atoms with Crippen LogP contribution in [0.1, 0.15) is 21.5 Å². The molecule has 0 aliphatic heterocycles. The maximum absolute atomic E-state index is 13.0. The standard InChI is InChI=1S/C18H14ClF6NO3/c1-28-5-6-29-15-13(19)3-2-4-14(15)26-16(27)10-7-11(17(20,21)22)9-12(8-10)18(23,24)25/h2-4,7-9H,5-6H2,1H3,(H,26,27). The average Bonchev–Trinajstić information content (AvgIpc) is 2.62. The fraction of sp³-hybridized carbons (Fsp3) is 0.278. The molecule has 0 saturated heterocycles. The number of para-hydroxylation sites is 1. The number of alkyl halides is 6. The van der Waals surface area contributed by atoms with Gasteiger partial charge in [-0.05, 0) is 30.3 Å². The lowest BCUT2D eigenvalue weighted by Gasteiger charge is -2.16. The topological polar surface area (TPSA) is 47.6 Å².